The molecule has 2 heteroatoms. The molecule has 0 radical (unpaired) electrons. The number of benzene rings is 1. The normalized spacial score (nSPS) is 11.5. The number of hydrogen-bond donors (Lipinski definition) is 1. The summed E-state index contributed by atoms with van der Waals surface area (Å²) < 4.78 is 0. The van der Waals surface area contributed by atoms with Gasteiger partial charge in [-0.2, -0.15) is 0 Å². The zero-order chi connectivity index (χ0) is 14.3. The SMILES string of the molecule is Cc1ccc(CNCCCCN(C)C(C)C)cc1C. The van der Waals surface area contributed by atoms with Gasteiger partial charge in [0, 0.05) is 12.6 Å². The van der Waals surface area contributed by atoms with Crippen LogP contribution in [-0.2, 0) is 6.54 Å². The van der Waals surface area contributed by atoms with E-state index in [-0.39, 0.29) is 0 Å². The molecule has 1 N–H and O–H groups in total. The Morgan fingerprint density at radius 3 is 2.47 bits per heavy atom. The van der Waals surface area contributed by atoms with Gasteiger partial charge in [0.05, 0.1) is 0 Å². The van der Waals surface area contributed by atoms with Gasteiger partial charge in [0.15, 0.2) is 0 Å². The van der Waals surface area contributed by atoms with Crippen molar-refractivity contribution in [3.8, 4) is 0 Å². The maximum Gasteiger partial charge on any atom is 0.0205 e. The van der Waals surface area contributed by atoms with Gasteiger partial charge in [-0.05, 0) is 77.4 Å². The minimum atomic E-state index is 0.656. The molecule has 1 aromatic rings. The van der Waals surface area contributed by atoms with Crippen molar-refractivity contribution in [2.45, 2.75) is 53.1 Å². The summed E-state index contributed by atoms with van der Waals surface area (Å²) in [5, 5.41) is 3.53. The number of unbranched alkanes of at least 4 members (excludes halogenated alkanes) is 1. The van der Waals surface area contributed by atoms with Crippen LogP contribution >= 0.6 is 0 Å². The molecule has 0 fully saturated rings. The van der Waals surface area contributed by atoms with Gasteiger partial charge in [-0.1, -0.05) is 18.2 Å². The van der Waals surface area contributed by atoms with Crippen LogP contribution in [0.4, 0.5) is 0 Å². The van der Waals surface area contributed by atoms with Crippen LogP contribution in [0.3, 0.4) is 0 Å². The second kappa shape index (κ2) is 8.34. The van der Waals surface area contributed by atoms with E-state index in [0.29, 0.717) is 6.04 Å². The maximum absolute atomic E-state index is 3.53. The first-order chi connectivity index (χ1) is 9.00. The fourth-order valence-corrected chi connectivity index (χ4v) is 2.02. The van der Waals surface area contributed by atoms with Crippen molar-refractivity contribution >= 4 is 0 Å². The van der Waals surface area contributed by atoms with Crippen molar-refractivity contribution in [3.05, 3.63) is 34.9 Å². The van der Waals surface area contributed by atoms with Crippen LogP contribution in [0.2, 0.25) is 0 Å². The van der Waals surface area contributed by atoms with Crippen molar-refractivity contribution in [3.63, 3.8) is 0 Å². The largest absolute Gasteiger partial charge is 0.313 e. The molecule has 0 aliphatic rings. The molecule has 0 aliphatic carbocycles. The average Bonchev–Trinajstić information content (AvgIpc) is 2.37. The van der Waals surface area contributed by atoms with Crippen LogP contribution in [0, 0.1) is 13.8 Å². The van der Waals surface area contributed by atoms with E-state index in [1.807, 2.05) is 0 Å². The molecule has 0 spiro atoms. The lowest BCUT2D eigenvalue weighted by Gasteiger charge is -2.20. The quantitative estimate of drug-likeness (QED) is 0.721. The molecule has 108 valence electrons. The molecular formula is C17H30N2. The molecule has 1 rings (SSSR count). The first kappa shape index (κ1) is 16.2. The Balaban J connectivity index is 2.12. The summed E-state index contributed by atoms with van der Waals surface area (Å²) >= 11 is 0. The van der Waals surface area contributed by atoms with Gasteiger partial charge < -0.3 is 10.2 Å². The summed E-state index contributed by atoms with van der Waals surface area (Å²) in [5.74, 6) is 0. The Morgan fingerprint density at radius 1 is 1.11 bits per heavy atom. The molecule has 1 aromatic carbocycles. The average molecular weight is 262 g/mol. The van der Waals surface area contributed by atoms with E-state index in [4.69, 9.17) is 0 Å². The summed E-state index contributed by atoms with van der Waals surface area (Å²) in [6.07, 6.45) is 2.52. The highest BCUT2D eigenvalue weighted by molar-refractivity contribution is 5.29. The van der Waals surface area contributed by atoms with Crippen LogP contribution < -0.4 is 5.32 Å². The molecule has 0 bridgehead atoms. The summed E-state index contributed by atoms with van der Waals surface area (Å²) in [7, 11) is 2.20. The smallest absolute Gasteiger partial charge is 0.0205 e. The van der Waals surface area contributed by atoms with Crippen molar-refractivity contribution in [2.75, 3.05) is 20.1 Å². The molecule has 0 aromatic heterocycles. The highest BCUT2D eigenvalue weighted by Gasteiger charge is 2.01. The van der Waals surface area contributed by atoms with Crippen molar-refractivity contribution in [1.29, 1.82) is 0 Å². The molecule has 0 saturated heterocycles. The van der Waals surface area contributed by atoms with Crippen LogP contribution in [0.15, 0.2) is 18.2 Å². The Hall–Kier alpha value is -0.860. The second-order valence-electron chi connectivity index (χ2n) is 5.88. The maximum atomic E-state index is 3.53. The first-order valence-corrected chi connectivity index (χ1v) is 7.48. The molecular weight excluding hydrogens is 232 g/mol. The third-order valence-electron chi connectivity index (χ3n) is 3.90. The zero-order valence-corrected chi connectivity index (χ0v) is 13.3. The van der Waals surface area contributed by atoms with E-state index in [9.17, 15) is 0 Å². The molecule has 2 nitrogen and oxygen atoms in total. The molecule has 0 aliphatic heterocycles. The van der Waals surface area contributed by atoms with Crippen molar-refractivity contribution in [1.82, 2.24) is 10.2 Å². The number of aryl methyl sites for hydroxylation is 2. The molecule has 0 atom stereocenters. The van der Waals surface area contributed by atoms with E-state index in [2.05, 4.69) is 63.2 Å². The standard InChI is InChI=1S/C17H30N2/c1-14(2)19(5)11-7-6-10-18-13-17-9-8-15(3)16(4)12-17/h8-9,12,14,18H,6-7,10-11,13H2,1-5H3. The highest BCUT2D eigenvalue weighted by Crippen LogP contribution is 2.09. The summed E-state index contributed by atoms with van der Waals surface area (Å²) in [5.41, 5.74) is 4.15. The third-order valence-corrected chi connectivity index (χ3v) is 3.90. The number of rotatable bonds is 8. The highest BCUT2D eigenvalue weighted by atomic mass is 15.1. The molecule has 0 amide bonds. The molecule has 0 unspecified atom stereocenters. The Labute approximate surface area is 119 Å². The minimum Gasteiger partial charge on any atom is -0.313 e. The van der Waals surface area contributed by atoms with Crippen LogP contribution in [0.5, 0.6) is 0 Å². The Kier molecular flexibility index (Phi) is 7.11. The fourth-order valence-electron chi connectivity index (χ4n) is 2.02. The third kappa shape index (κ3) is 6.22. The van der Waals surface area contributed by atoms with Crippen LogP contribution in [0.25, 0.3) is 0 Å². The predicted octanol–water partition coefficient (Wildman–Crippen LogP) is 3.51. The number of nitrogens with zero attached hydrogens (tertiary/aromatic N) is 1. The first-order valence-electron chi connectivity index (χ1n) is 7.48. The lowest BCUT2D eigenvalue weighted by molar-refractivity contribution is 0.268. The second-order valence-corrected chi connectivity index (χ2v) is 5.88. The van der Waals surface area contributed by atoms with Crippen LogP contribution in [-0.4, -0.2) is 31.1 Å². The molecule has 19 heavy (non-hydrogen) atoms. The Bertz CT molecular complexity index is 372. The molecule has 0 saturated carbocycles. The minimum absolute atomic E-state index is 0.656. The summed E-state index contributed by atoms with van der Waals surface area (Å²) in [6, 6.07) is 7.38. The van der Waals surface area contributed by atoms with Gasteiger partial charge in [-0.25, -0.2) is 0 Å². The Morgan fingerprint density at radius 2 is 1.84 bits per heavy atom. The molecule has 0 heterocycles. The predicted molar refractivity (Wildman–Crippen MR) is 84.6 cm³/mol. The zero-order valence-electron chi connectivity index (χ0n) is 13.3. The lowest BCUT2D eigenvalue weighted by Crippen LogP contribution is -2.27. The van der Waals surface area contributed by atoms with E-state index < -0.39 is 0 Å². The topological polar surface area (TPSA) is 15.3 Å². The van der Waals surface area contributed by atoms with E-state index in [0.717, 1.165) is 13.1 Å². The van der Waals surface area contributed by atoms with E-state index in [1.165, 1.54) is 36.1 Å². The summed E-state index contributed by atoms with van der Waals surface area (Å²) in [4.78, 5) is 2.41. The number of nitrogens with one attached hydrogen (secondary N) is 1. The number of hydrogen-bond acceptors (Lipinski definition) is 2. The van der Waals surface area contributed by atoms with Gasteiger partial charge >= 0.3 is 0 Å². The lowest BCUT2D eigenvalue weighted by atomic mass is 10.1. The van der Waals surface area contributed by atoms with Crippen molar-refractivity contribution in [2.24, 2.45) is 0 Å². The van der Waals surface area contributed by atoms with Crippen molar-refractivity contribution < 1.29 is 0 Å². The summed E-state index contributed by atoms with van der Waals surface area (Å²) in [6.45, 7) is 12.1. The van der Waals surface area contributed by atoms with Crippen LogP contribution in [0.1, 0.15) is 43.4 Å². The van der Waals surface area contributed by atoms with Gasteiger partial charge in [-0.3, -0.25) is 0 Å². The monoisotopic (exact) mass is 262 g/mol. The van der Waals surface area contributed by atoms with Gasteiger partial charge in [0.25, 0.3) is 0 Å². The van der Waals surface area contributed by atoms with E-state index >= 15 is 0 Å². The van der Waals surface area contributed by atoms with Gasteiger partial charge in [0.2, 0.25) is 0 Å². The van der Waals surface area contributed by atoms with Gasteiger partial charge in [0.1, 0.15) is 0 Å². The van der Waals surface area contributed by atoms with E-state index in [1.54, 1.807) is 0 Å². The van der Waals surface area contributed by atoms with Gasteiger partial charge in [-0.15, -0.1) is 0 Å². The fraction of sp³-hybridized carbons (Fsp3) is 0.647.